The zero-order valence-corrected chi connectivity index (χ0v) is 11.6. The Balaban J connectivity index is 1.50. The highest BCUT2D eigenvalue weighted by molar-refractivity contribution is 6.31. The van der Waals surface area contributed by atoms with Crippen molar-refractivity contribution in [1.82, 2.24) is 5.32 Å². The summed E-state index contributed by atoms with van der Waals surface area (Å²) in [5.41, 5.74) is 2.66. The molecule has 1 fully saturated rings. The quantitative estimate of drug-likeness (QED) is 0.870. The second-order valence-corrected chi connectivity index (χ2v) is 5.66. The Morgan fingerprint density at radius 1 is 0.947 bits per heavy atom. The Hall–Kier alpha value is -1.31. The van der Waals surface area contributed by atoms with E-state index in [2.05, 4.69) is 47.8 Å². The summed E-state index contributed by atoms with van der Waals surface area (Å²) in [5, 5.41) is 4.52. The number of rotatable bonds is 4. The molecule has 2 heteroatoms. The molecule has 1 saturated carbocycles. The molecule has 19 heavy (non-hydrogen) atoms. The first-order chi connectivity index (χ1) is 9.33. The molecule has 98 valence electrons. The molecule has 0 bridgehead atoms. The van der Waals surface area contributed by atoms with Crippen LogP contribution in [-0.2, 0) is 6.54 Å². The van der Waals surface area contributed by atoms with Crippen LogP contribution in [0.5, 0.6) is 0 Å². The first-order valence-electron chi connectivity index (χ1n) is 6.84. The summed E-state index contributed by atoms with van der Waals surface area (Å²) in [6.45, 7) is 0.959. The molecule has 2 aromatic rings. The van der Waals surface area contributed by atoms with E-state index in [1.165, 1.54) is 24.0 Å². The number of halogens is 1. The Bertz CT molecular complexity index is 532. The average Bonchev–Trinajstić information content (AvgIpc) is 2.40. The van der Waals surface area contributed by atoms with Crippen LogP contribution in [0.2, 0.25) is 5.02 Å². The molecule has 0 unspecified atom stereocenters. The normalized spacial score (nSPS) is 21.9. The van der Waals surface area contributed by atoms with Crippen LogP contribution in [0.1, 0.15) is 29.9 Å². The molecule has 0 amide bonds. The highest BCUT2D eigenvalue weighted by Crippen LogP contribution is 2.39. The van der Waals surface area contributed by atoms with Gasteiger partial charge in [-0.1, -0.05) is 60.1 Å². The maximum absolute atomic E-state index is 6.23. The smallest absolute Gasteiger partial charge is 0.0440 e. The molecule has 0 atom stereocenters. The summed E-state index contributed by atoms with van der Waals surface area (Å²) in [6, 6.07) is 19.4. The maximum Gasteiger partial charge on any atom is 0.0440 e. The van der Waals surface area contributed by atoms with Crippen molar-refractivity contribution in [2.45, 2.75) is 31.3 Å². The molecule has 3 rings (SSSR count). The van der Waals surface area contributed by atoms with Gasteiger partial charge in [-0.15, -0.1) is 0 Å². The summed E-state index contributed by atoms with van der Waals surface area (Å²) < 4.78 is 0. The predicted octanol–water partition coefficient (Wildman–Crippen LogP) is 4.38. The SMILES string of the molecule is Clc1ccccc1C1CC(NCc2ccccc2)C1. The predicted molar refractivity (Wildman–Crippen MR) is 80.5 cm³/mol. The van der Waals surface area contributed by atoms with Crippen LogP contribution in [0, 0.1) is 0 Å². The van der Waals surface area contributed by atoms with Crippen molar-refractivity contribution >= 4 is 11.6 Å². The maximum atomic E-state index is 6.23. The lowest BCUT2D eigenvalue weighted by molar-refractivity contribution is 0.289. The highest BCUT2D eigenvalue weighted by atomic mass is 35.5. The number of benzene rings is 2. The van der Waals surface area contributed by atoms with Gasteiger partial charge in [-0.05, 0) is 36.0 Å². The van der Waals surface area contributed by atoms with Crippen LogP contribution in [0.25, 0.3) is 0 Å². The van der Waals surface area contributed by atoms with Crippen molar-refractivity contribution < 1.29 is 0 Å². The van der Waals surface area contributed by atoms with E-state index >= 15 is 0 Å². The summed E-state index contributed by atoms with van der Waals surface area (Å²) in [7, 11) is 0. The fourth-order valence-electron chi connectivity index (χ4n) is 2.70. The summed E-state index contributed by atoms with van der Waals surface area (Å²) in [5.74, 6) is 0.627. The van der Waals surface area contributed by atoms with E-state index in [-0.39, 0.29) is 0 Å². The summed E-state index contributed by atoms with van der Waals surface area (Å²) in [6.07, 6.45) is 2.38. The zero-order chi connectivity index (χ0) is 13.1. The Kier molecular flexibility index (Phi) is 3.86. The third kappa shape index (κ3) is 2.99. The number of hydrogen-bond donors (Lipinski definition) is 1. The van der Waals surface area contributed by atoms with Gasteiger partial charge in [-0.25, -0.2) is 0 Å². The van der Waals surface area contributed by atoms with Crippen molar-refractivity contribution in [3.63, 3.8) is 0 Å². The standard InChI is InChI=1S/C17H18ClN/c18-17-9-5-4-8-16(17)14-10-15(11-14)19-12-13-6-2-1-3-7-13/h1-9,14-15,19H,10-12H2. The molecule has 1 N–H and O–H groups in total. The van der Waals surface area contributed by atoms with Crippen LogP contribution in [0.4, 0.5) is 0 Å². The van der Waals surface area contributed by atoms with Gasteiger partial charge in [0.1, 0.15) is 0 Å². The van der Waals surface area contributed by atoms with E-state index in [9.17, 15) is 0 Å². The largest absolute Gasteiger partial charge is 0.310 e. The van der Waals surface area contributed by atoms with Crippen molar-refractivity contribution in [3.05, 3.63) is 70.7 Å². The first kappa shape index (κ1) is 12.7. The van der Waals surface area contributed by atoms with Gasteiger partial charge in [-0.3, -0.25) is 0 Å². The zero-order valence-electron chi connectivity index (χ0n) is 10.9. The van der Waals surface area contributed by atoms with E-state index in [0.29, 0.717) is 12.0 Å². The third-order valence-corrected chi connectivity index (χ3v) is 4.27. The van der Waals surface area contributed by atoms with E-state index in [1.807, 2.05) is 12.1 Å². The fraction of sp³-hybridized carbons (Fsp3) is 0.294. The lowest BCUT2D eigenvalue weighted by Gasteiger charge is -2.37. The minimum Gasteiger partial charge on any atom is -0.310 e. The number of hydrogen-bond acceptors (Lipinski definition) is 1. The first-order valence-corrected chi connectivity index (χ1v) is 7.22. The van der Waals surface area contributed by atoms with Gasteiger partial charge in [-0.2, -0.15) is 0 Å². The minimum atomic E-state index is 0.626. The lowest BCUT2D eigenvalue weighted by Crippen LogP contribution is -2.39. The average molecular weight is 272 g/mol. The van der Waals surface area contributed by atoms with E-state index in [0.717, 1.165) is 11.6 Å². The minimum absolute atomic E-state index is 0.626. The monoisotopic (exact) mass is 271 g/mol. The Morgan fingerprint density at radius 2 is 1.63 bits per heavy atom. The molecule has 2 aromatic carbocycles. The van der Waals surface area contributed by atoms with Crippen LogP contribution >= 0.6 is 11.6 Å². The van der Waals surface area contributed by atoms with E-state index in [4.69, 9.17) is 11.6 Å². The second kappa shape index (κ2) is 5.77. The van der Waals surface area contributed by atoms with Crippen LogP contribution < -0.4 is 5.32 Å². The topological polar surface area (TPSA) is 12.0 Å². The molecule has 0 spiro atoms. The molecule has 1 aliphatic carbocycles. The van der Waals surface area contributed by atoms with Gasteiger partial charge in [0.15, 0.2) is 0 Å². The molecule has 0 aromatic heterocycles. The fourth-order valence-corrected chi connectivity index (χ4v) is 2.99. The van der Waals surface area contributed by atoms with Gasteiger partial charge in [0.25, 0.3) is 0 Å². The lowest BCUT2D eigenvalue weighted by atomic mass is 9.76. The van der Waals surface area contributed by atoms with Gasteiger partial charge in [0.2, 0.25) is 0 Å². The molecular formula is C17H18ClN. The van der Waals surface area contributed by atoms with E-state index < -0.39 is 0 Å². The molecule has 0 radical (unpaired) electrons. The van der Waals surface area contributed by atoms with Gasteiger partial charge >= 0.3 is 0 Å². The van der Waals surface area contributed by atoms with Gasteiger partial charge < -0.3 is 5.32 Å². The van der Waals surface area contributed by atoms with Gasteiger partial charge in [0.05, 0.1) is 0 Å². The highest BCUT2D eigenvalue weighted by Gasteiger charge is 2.30. The number of nitrogens with one attached hydrogen (secondary N) is 1. The molecular weight excluding hydrogens is 254 g/mol. The molecule has 0 heterocycles. The molecule has 0 aliphatic heterocycles. The van der Waals surface area contributed by atoms with E-state index in [1.54, 1.807) is 0 Å². The van der Waals surface area contributed by atoms with Crippen LogP contribution in [0.15, 0.2) is 54.6 Å². The van der Waals surface area contributed by atoms with Gasteiger partial charge in [0, 0.05) is 17.6 Å². The summed E-state index contributed by atoms with van der Waals surface area (Å²) >= 11 is 6.23. The van der Waals surface area contributed by atoms with Crippen LogP contribution in [0.3, 0.4) is 0 Å². The Labute approximate surface area is 119 Å². The van der Waals surface area contributed by atoms with Crippen molar-refractivity contribution in [3.8, 4) is 0 Å². The van der Waals surface area contributed by atoms with Crippen LogP contribution in [-0.4, -0.2) is 6.04 Å². The third-order valence-electron chi connectivity index (χ3n) is 3.92. The Morgan fingerprint density at radius 3 is 2.37 bits per heavy atom. The van der Waals surface area contributed by atoms with Crippen molar-refractivity contribution in [2.75, 3.05) is 0 Å². The second-order valence-electron chi connectivity index (χ2n) is 5.25. The summed E-state index contributed by atoms with van der Waals surface area (Å²) in [4.78, 5) is 0. The molecule has 0 saturated heterocycles. The molecule has 1 aliphatic rings. The van der Waals surface area contributed by atoms with Crippen molar-refractivity contribution in [2.24, 2.45) is 0 Å². The molecule has 1 nitrogen and oxygen atoms in total. The van der Waals surface area contributed by atoms with Crippen molar-refractivity contribution in [1.29, 1.82) is 0 Å².